The summed E-state index contributed by atoms with van der Waals surface area (Å²) in [6.07, 6.45) is 0.202. The molecule has 0 atom stereocenters. The van der Waals surface area contributed by atoms with Gasteiger partial charge in [0.25, 0.3) is 5.78 Å². The van der Waals surface area contributed by atoms with E-state index in [1.807, 2.05) is 76.2 Å². The quantitative estimate of drug-likeness (QED) is 0.508. The van der Waals surface area contributed by atoms with Gasteiger partial charge in [0.2, 0.25) is 5.91 Å². The molecule has 0 fully saturated rings. The maximum atomic E-state index is 12.7. The molecule has 2 aromatic heterocycles. The van der Waals surface area contributed by atoms with Crippen molar-refractivity contribution >= 4 is 17.4 Å². The molecule has 1 amide bonds. The number of rotatable bonds is 6. The highest BCUT2D eigenvalue weighted by molar-refractivity contribution is 5.92. The number of carbonyl (C=O) groups is 1. The second-order valence-electron chi connectivity index (χ2n) is 7.46. The molecule has 7 heteroatoms. The van der Waals surface area contributed by atoms with Gasteiger partial charge in [-0.05, 0) is 52.0 Å². The molecule has 4 aromatic rings. The third kappa shape index (κ3) is 4.40. The first kappa shape index (κ1) is 20.5. The van der Waals surface area contributed by atoms with E-state index in [9.17, 15) is 4.79 Å². The Morgan fingerprint density at radius 2 is 1.71 bits per heavy atom. The summed E-state index contributed by atoms with van der Waals surface area (Å²) in [6.45, 7) is 8.42. The van der Waals surface area contributed by atoms with Gasteiger partial charge in [0, 0.05) is 28.2 Å². The van der Waals surface area contributed by atoms with Gasteiger partial charge in [-0.25, -0.2) is 9.50 Å². The third-order valence-corrected chi connectivity index (χ3v) is 5.15. The molecule has 31 heavy (non-hydrogen) atoms. The highest BCUT2D eigenvalue weighted by Crippen LogP contribution is 2.21. The van der Waals surface area contributed by atoms with Crippen molar-refractivity contribution in [3.8, 4) is 17.1 Å². The van der Waals surface area contributed by atoms with Crippen LogP contribution in [0.4, 0.5) is 5.69 Å². The Labute approximate surface area is 181 Å². The summed E-state index contributed by atoms with van der Waals surface area (Å²) in [5.41, 5.74) is 5.31. The van der Waals surface area contributed by atoms with Gasteiger partial charge < -0.3 is 10.1 Å². The van der Waals surface area contributed by atoms with Gasteiger partial charge in [-0.2, -0.15) is 4.98 Å². The Kier molecular flexibility index (Phi) is 5.66. The van der Waals surface area contributed by atoms with Gasteiger partial charge in [0.1, 0.15) is 5.75 Å². The third-order valence-electron chi connectivity index (χ3n) is 5.15. The number of nitrogens with zero attached hydrogens (tertiary/aromatic N) is 4. The van der Waals surface area contributed by atoms with Crippen LogP contribution in [0.25, 0.3) is 17.2 Å². The second kappa shape index (κ2) is 8.55. The van der Waals surface area contributed by atoms with Gasteiger partial charge in [-0.15, -0.1) is 5.10 Å². The Morgan fingerprint density at radius 1 is 1.00 bits per heavy atom. The molecule has 2 aromatic carbocycles. The smallest absolute Gasteiger partial charge is 0.253 e. The number of fused-ring (bicyclic) bond motifs is 1. The highest BCUT2D eigenvalue weighted by atomic mass is 16.5. The molecule has 0 aliphatic rings. The van der Waals surface area contributed by atoms with E-state index in [4.69, 9.17) is 4.74 Å². The van der Waals surface area contributed by atoms with Crippen molar-refractivity contribution in [3.05, 3.63) is 71.0 Å². The predicted octanol–water partition coefficient (Wildman–Crippen LogP) is 4.30. The van der Waals surface area contributed by atoms with Crippen molar-refractivity contribution in [3.63, 3.8) is 0 Å². The van der Waals surface area contributed by atoms with Crippen molar-refractivity contribution in [2.24, 2.45) is 0 Å². The van der Waals surface area contributed by atoms with Crippen LogP contribution >= 0.6 is 0 Å². The standard InChI is InChI=1S/C24H25N5O2/c1-5-31-20-12-10-19(11-13-20)26-22(30)14-21-16(3)25-24-27-23(28-29(24)17(21)4)18-8-6-15(2)7-9-18/h6-13H,5,14H2,1-4H3,(H,26,30). The number of amides is 1. The first-order chi connectivity index (χ1) is 14.9. The summed E-state index contributed by atoms with van der Waals surface area (Å²) >= 11 is 0. The van der Waals surface area contributed by atoms with E-state index in [1.165, 1.54) is 5.56 Å². The Hall–Kier alpha value is -3.74. The predicted molar refractivity (Wildman–Crippen MR) is 120 cm³/mol. The molecule has 7 nitrogen and oxygen atoms in total. The molecule has 0 saturated carbocycles. The first-order valence-corrected chi connectivity index (χ1v) is 10.3. The van der Waals surface area contributed by atoms with Crippen LogP contribution in [0, 0.1) is 20.8 Å². The number of hydrogen-bond donors (Lipinski definition) is 1. The molecule has 4 rings (SSSR count). The normalized spacial score (nSPS) is 11.0. The Balaban J connectivity index is 1.57. The zero-order chi connectivity index (χ0) is 22.0. The molecule has 1 N–H and O–H groups in total. The molecule has 0 unspecified atom stereocenters. The van der Waals surface area contributed by atoms with Crippen molar-refractivity contribution in [1.82, 2.24) is 19.6 Å². The Morgan fingerprint density at radius 3 is 2.39 bits per heavy atom. The molecule has 158 valence electrons. The number of aryl methyl sites for hydroxylation is 3. The lowest BCUT2D eigenvalue weighted by atomic mass is 10.1. The number of nitrogens with one attached hydrogen (secondary N) is 1. The first-order valence-electron chi connectivity index (χ1n) is 10.3. The zero-order valence-corrected chi connectivity index (χ0v) is 18.1. The zero-order valence-electron chi connectivity index (χ0n) is 18.1. The van der Waals surface area contributed by atoms with Crippen LogP contribution in [0.15, 0.2) is 48.5 Å². The topological polar surface area (TPSA) is 81.4 Å². The molecule has 0 aliphatic heterocycles. The van der Waals surface area contributed by atoms with Gasteiger partial charge >= 0.3 is 0 Å². The van der Waals surface area contributed by atoms with Crippen molar-refractivity contribution in [2.45, 2.75) is 34.1 Å². The van der Waals surface area contributed by atoms with E-state index < -0.39 is 0 Å². The Bertz CT molecular complexity index is 1230. The molecule has 0 saturated heterocycles. The summed E-state index contributed by atoms with van der Waals surface area (Å²) in [5, 5.41) is 7.56. The van der Waals surface area contributed by atoms with Gasteiger partial charge in [0.15, 0.2) is 5.82 Å². The number of carbonyl (C=O) groups excluding carboxylic acids is 1. The summed E-state index contributed by atoms with van der Waals surface area (Å²) in [6, 6.07) is 15.4. The van der Waals surface area contributed by atoms with Crippen molar-refractivity contribution < 1.29 is 9.53 Å². The van der Waals surface area contributed by atoms with Crippen LogP contribution in [0.3, 0.4) is 0 Å². The second-order valence-corrected chi connectivity index (χ2v) is 7.46. The minimum atomic E-state index is -0.115. The lowest BCUT2D eigenvalue weighted by Crippen LogP contribution is -2.17. The van der Waals surface area contributed by atoms with E-state index in [0.29, 0.717) is 18.2 Å². The fourth-order valence-electron chi connectivity index (χ4n) is 3.46. The summed E-state index contributed by atoms with van der Waals surface area (Å²) in [5.74, 6) is 1.81. The van der Waals surface area contributed by atoms with Crippen LogP contribution in [0.1, 0.15) is 29.4 Å². The van der Waals surface area contributed by atoms with Gasteiger partial charge in [0.05, 0.1) is 13.0 Å². The molecular formula is C24H25N5O2. The molecule has 0 spiro atoms. The van der Waals surface area contributed by atoms with Crippen LogP contribution < -0.4 is 10.1 Å². The number of benzene rings is 2. The summed E-state index contributed by atoms with van der Waals surface area (Å²) < 4.78 is 7.15. The number of hydrogen-bond acceptors (Lipinski definition) is 5. The summed E-state index contributed by atoms with van der Waals surface area (Å²) in [4.78, 5) is 21.8. The van der Waals surface area contributed by atoms with E-state index in [1.54, 1.807) is 4.52 Å². The van der Waals surface area contributed by atoms with Gasteiger partial charge in [-0.1, -0.05) is 29.8 Å². The highest BCUT2D eigenvalue weighted by Gasteiger charge is 2.17. The average molecular weight is 415 g/mol. The molecule has 0 radical (unpaired) electrons. The maximum absolute atomic E-state index is 12.7. The number of aromatic nitrogens is 4. The minimum Gasteiger partial charge on any atom is -0.494 e. The SMILES string of the molecule is CCOc1ccc(NC(=O)Cc2c(C)nc3nc(-c4ccc(C)cc4)nn3c2C)cc1. The fraction of sp³-hybridized carbons (Fsp3) is 0.250. The molecular weight excluding hydrogens is 390 g/mol. The van der Waals surface area contributed by atoms with Crippen LogP contribution in [-0.4, -0.2) is 32.1 Å². The van der Waals surface area contributed by atoms with E-state index in [-0.39, 0.29) is 12.3 Å². The lowest BCUT2D eigenvalue weighted by Gasteiger charge is -2.11. The molecule has 0 bridgehead atoms. The van der Waals surface area contributed by atoms with Crippen LogP contribution in [-0.2, 0) is 11.2 Å². The lowest BCUT2D eigenvalue weighted by molar-refractivity contribution is -0.115. The van der Waals surface area contributed by atoms with Crippen LogP contribution in [0.5, 0.6) is 5.75 Å². The minimum absolute atomic E-state index is 0.115. The number of ether oxygens (including phenoxy) is 1. The number of anilines is 1. The van der Waals surface area contributed by atoms with E-state index >= 15 is 0 Å². The fourth-order valence-corrected chi connectivity index (χ4v) is 3.46. The molecule has 0 aliphatic carbocycles. The largest absolute Gasteiger partial charge is 0.494 e. The summed E-state index contributed by atoms with van der Waals surface area (Å²) in [7, 11) is 0. The van der Waals surface area contributed by atoms with E-state index in [2.05, 4.69) is 20.4 Å². The van der Waals surface area contributed by atoms with E-state index in [0.717, 1.165) is 34.0 Å². The van der Waals surface area contributed by atoms with Crippen LogP contribution in [0.2, 0.25) is 0 Å². The van der Waals surface area contributed by atoms with Gasteiger partial charge in [-0.3, -0.25) is 4.79 Å². The average Bonchev–Trinajstić information content (AvgIpc) is 3.17. The monoisotopic (exact) mass is 415 g/mol. The molecule has 2 heterocycles. The van der Waals surface area contributed by atoms with Crippen molar-refractivity contribution in [1.29, 1.82) is 0 Å². The maximum Gasteiger partial charge on any atom is 0.253 e. The van der Waals surface area contributed by atoms with Crippen molar-refractivity contribution in [2.75, 3.05) is 11.9 Å².